The second-order valence-electron chi connectivity index (χ2n) is 12.2. The first-order valence-corrected chi connectivity index (χ1v) is 14.4. The number of benzene rings is 1. The quantitative estimate of drug-likeness (QED) is 0.298. The second kappa shape index (κ2) is 11.4. The van der Waals surface area contributed by atoms with E-state index in [4.69, 9.17) is 34.8 Å². The lowest BCUT2D eigenvalue weighted by Gasteiger charge is -2.44. The van der Waals surface area contributed by atoms with Crippen LogP contribution in [0.15, 0.2) is 18.3 Å². The van der Waals surface area contributed by atoms with Gasteiger partial charge in [-0.2, -0.15) is 18.3 Å². The number of carboxylic acids is 1. The minimum absolute atomic E-state index is 0.00525. The van der Waals surface area contributed by atoms with Crippen LogP contribution in [0.4, 0.5) is 13.2 Å². The Morgan fingerprint density at radius 3 is 2.12 bits per heavy atom. The molecule has 2 aliphatic rings. The fraction of sp³-hybridized carbons (Fsp3) is 0.571. The molecule has 13 heteroatoms. The SMILES string of the molecule is CC1(C)CC(CN(CC(=O)c2c(Cl)cc(Cl)cc2Cl)C(=O)c2cnn(C3CCC(C)(C(=O)O)CC3)c2C(F)(F)F)C1. The van der Waals surface area contributed by atoms with Gasteiger partial charge in [-0.3, -0.25) is 19.1 Å². The van der Waals surface area contributed by atoms with Crippen LogP contribution in [0.1, 0.15) is 91.7 Å². The Hall–Kier alpha value is -2.30. The van der Waals surface area contributed by atoms with Gasteiger partial charge in [-0.15, -0.1) is 0 Å². The first-order chi connectivity index (χ1) is 18.9. The molecule has 0 atom stereocenters. The van der Waals surface area contributed by atoms with Gasteiger partial charge in [0.1, 0.15) is 0 Å². The molecule has 1 aromatic heterocycles. The molecular formula is C28H31Cl3F3N3O4. The lowest BCUT2D eigenvalue weighted by atomic mass is 9.64. The highest BCUT2D eigenvalue weighted by Crippen LogP contribution is 2.46. The summed E-state index contributed by atoms with van der Waals surface area (Å²) in [6, 6.07) is 1.93. The summed E-state index contributed by atoms with van der Waals surface area (Å²) in [5, 5.41) is 13.6. The van der Waals surface area contributed by atoms with Gasteiger partial charge in [-0.25, -0.2) is 0 Å². The molecule has 41 heavy (non-hydrogen) atoms. The third kappa shape index (κ3) is 6.70. The summed E-state index contributed by atoms with van der Waals surface area (Å²) in [4.78, 5) is 39.8. The average molecular weight is 637 g/mol. The molecule has 224 valence electrons. The molecule has 1 amide bonds. The summed E-state index contributed by atoms with van der Waals surface area (Å²) in [5.41, 5.74) is -2.94. The van der Waals surface area contributed by atoms with Crippen molar-refractivity contribution in [1.29, 1.82) is 0 Å². The largest absolute Gasteiger partial charge is 0.481 e. The van der Waals surface area contributed by atoms with Crippen LogP contribution in [-0.2, 0) is 11.0 Å². The van der Waals surface area contributed by atoms with Gasteiger partial charge in [-0.1, -0.05) is 48.7 Å². The number of ketones is 1. The minimum atomic E-state index is -4.92. The molecule has 2 aliphatic carbocycles. The zero-order valence-electron chi connectivity index (χ0n) is 22.8. The smallest absolute Gasteiger partial charge is 0.433 e. The molecule has 1 aromatic carbocycles. The minimum Gasteiger partial charge on any atom is -0.481 e. The lowest BCUT2D eigenvalue weighted by molar-refractivity contribution is -0.152. The van der Waals surface area contributed by atoms with Gasteiger partial charge in [-0.05, 0) is 68.9 Å². The van der Waals surface area contributed by atoms with Crippen LogP contribution in [0.5, 0.6) is 0 Å². The number of hydrogen-bond donors (Lipinski definition) is 1. The fourth-order valence-electron chi connectivity index (χ4n) is 6.17. The first-order valence-electron chi connectivity index (χ1n) is 13.3. The molecule has 0 saturated heterocycles. The van der Waals surface area contributed by atoms with E-state index in [0.717, 1.165) is 28.6 Å². The summed E-state index contributed by atoms with van der Waals surface area (Å²) in [5.74, 6) is -2.61. The number of nitrogens with zero attached hydrogens (tertiary/aromatic N) is 3. The number of rotatable bonds is 8. The molecule has 2 fully saturated rings. The number of carbonyl (C=O) groups excluding carboxylic acids is 2. The number of aromatic nitrogens is 2. The van der Waals surface area contributed by atoms with Gasteiger partial charge < -0.3 is 10.0 Å². The molecular weight excluding hydrogens is 606 g/mol. The number of alkyl halides is 3. The second-order valence-corrected chi connectivity index (χ2v) is 13.5. The van der Waals surface area contributed by atoms with Crippen molar-refractivity contribution in [1.82, 2.24) is 14.7 Å². The zero-order valence-corrected chi connectivity index (χ0v) is 25.1. The van der Waals surface area contributed by atoms with E-state index in [1.165, 1.54) is 12.1 Å². The Balaban J connectivity index is 1.66. The molecule has 1 heterocycles. The van der Waals surface area contributed by atoms with E-state index in [9.17, 15) is 32.7 Å². The van der Waals surface area contributed by atoms with Crippen LogP contribution in [-0.4, -0.2) is 50.5 Å². The Kier molecular flexibility index (Phi) is 8.81. The highest BCUT2D eigenvalue weighted by molar-refractivity contribution is 6.42. The van der Waals surface area contributed by atoms with Gasteiger partial charge in [0.15, 0.2) is 11.5 Å². The van der Waals surface area contributed by atoms with E-state index in [2.05, 4.69) is 18.9 Å². The van der Waals surface area contributed by atoms with E-state index >= 15 is 0 Å². The number of hydrogen-bond acceptors (Lipinski definition) is 4. The maximum absolute atomic E-state index is 14.5. The van der Waals surface area contributed by atoms with E-state index < -0.39 is 53.1 Å². The Morgan fingerprint density at radius 1 is 1.07 bits per heavy atom. The van der Waals surface area contributed by atoms with E-state index in [1.807, 2.05) is 0 Å². The highest BCUT2D eigenvalue weighted by Gasteiger charge is 2.46. The van der Waals surface area contributed by atoms with Crippen LogP contribution in [0, 0.1) is 16.7 Å². The topological polar surface area (TPSA) is 92.5 Å². The van der Waals surface area contributed by atoms with Gasteiger partial charge >= 0.3 is 12.1 Å². The molecule has 0 spiro atoms. The molecule has 2 aromatic rings. The first kappa shape index (κ1) is 31.6. The normalized spacial score (nSPS) is 22.7. The van der Waals surface area contributed by atoms with Gasteiger partial charge in [0.2, 0.25) is 0 Å². The average Bonchev–Trinajstić information content (AvgIpc) is 3.27. The van der Waals surface area contributed by atoms with E-state index in [1.54, 1.807) is 6.92 Å². The predicted molar refractivity (Wildman–Crippen MR) is 149 cm³/mol. The molecule has 4 rings (SSSR count). The fourth-order valence-corrected chi connectivity index (χ4v) is 7.20. The summed E-state index contributed by atoms with van der Waals surface area (Å²) >= 11 is 18.4. The van der Waals surface area contributed by atoms with Crippen molar-refractivity contribution in [2.75, 3.05) is 13.1 Å². The molecule has 1 N–H and O–H groups in total. The van der Waals surface area contributed by atoms with Crippen molar-refractivity contribution in [2.45, 2.75) is 71.5 Å². The van der Waals surface area contributed by atoms with Crippen LogP contribution in [0.25, 0.3) is 0 Å². The highest BCUT2D eigenvalue weighted by atomic mass is 35.5. The van der Waals surface area contributed by atoms with Crippen molar-refractivity contribution in [3.8, 4) is 0 Å². The molecule has 0 bridgehead atoms. The number of carboxylic acid groups (broad SMARTS) is 1. The predicted octanol–water partition coefficient (Wildman–Crippen LogP) is 7.83. The molecule has 2 saturated carbocycles. The maximum Gasteiger partial charge on any atom is 0.433 e. The maximum atomic E-state index is 14.5. The van der Waals surface area contributed by atoms with Crippen molar-refractivity contribution < 1.29 is 32.7 Å². The number of halogens is 6. The van der Waals surface area contributed by atoms with Gasteiger partial charge in [0.05, 0.1) is 45.4 Å². The molecule has 0 radical (unpaired) electrons. The van der Waals surface area contributed by atoms with E-state index in [-0.39, 0.29) is 64.2 Å². The van der Waals surface area contributed by atoms with Gasteiger partial charge in [0.25, 0.3) is 5.91 Å². The number of Topliss-reactive ketones (excluding diaryl/α,β-unsaturated/α-hetero) is 1. The van der Waals surface area contributed by atoms with Crippen molar-refractivity contribution >= 4 is 52.5 Å². The van der Waals surface area contributed by atoms with Gasteiger partial charge in [0, 0.05) is 11.6 Å². The Bertz CT molecular complexity index is 1340. The number of carbonyl (C=O) groups is 3. The zero-order chi connectivity index (χ0) is 30.5. The van der Waals surface area contributed by atoms with Crippen LogP contribution >= 0.6 is 34.8 Å². The third-order valence-corrected chi connectivity index (χ3v) is 9.10. The molecule has 0 aliphatic heterocycles. The number of aliphatic carboxylic acids is 1. The van der Waals surface area contributed by atoms with Crippen LogP contribution < -0.4 is 0 Å². The van der Waals surface area contributed by atoms with Crippen molar-refractivity contribution in [2.24, 2.45) is 16.7 Å². The Morgan fingerprint density at radius 2 is 1.63 bits per heavy atom. The monoisotopic (exact) mass is 635 g/mol. The van der Waals surface area contributed by atoms with Crippen LogP contribution in [0.2, 0.25) is 15.1 Å². The van der Waals surface area contributed by atoms with Crippen molar-refractivity contribution in [3.05, 3.63) is 50.2 Å². The lowest BCUT2D eigenvalue weighted by Crippen LogP contribution is -2.45. The summed E-state index contributed by atoms with van der Waals surface area (Å²) in [7, 11) is 0. The summed E-state index contributed by atoms with van der Waals surface area (Å²) in [6.45, 7) is 5.21. The number of amides is 1. The molecule has 0 unspecified atom stereocenters. The van der Waals surface area contributed by atoms with Crippen molar-refractivity contribution in [3.63, 3.8) is 0 Å². The Labute approximate surface area is 250 Å². The molecule has 7 nitrogen and oxygen atoms in total. The third-order valence-electron chi connectivity index (χ3n) is 8.28. The standard InChI is InChI=1S/C28H31Cl3F3N3O4/c1-26(2)10-15(11-26)13-36(14-21(38)22-19(30)8-16(29)9-20(22)31)24(39)18-12-35-37(23(18)28(32,33)34)17-4-6-27(3,7-5-17)25(40)41/h8-9,12,15,17H,4-7,10-11,13-14H2,1-3H3,(H,40,41). The summed E-state index contributed by atoms with van der Waals surface area (Å²) < 4.78 is 44.2. The summed E-state index contributed by atoms with van der Waals surface area (Å²) in [6.07, 6.45) is -1.89. The van der Waals surface area contributed by atoms with Crippen LogP contribution in [0.3, 0.4) is 0 Å². The van der Waals surface area contributed by atoms with E-state index in [0.29, 0.717) is 0 Å².